The Morgan fingerprint density at radius 3 is 2.21 bits per heavy atom. The summed E-state index contributed by atoms with van der Waals surface area (Å²) in [5.74, 6) is 2.18. The molecule has 6 nitrogen and oxygen atoms in total. The highest BCUT2D eigenvalue weighted by atomic mass is 16.5. The van der Waals surface area contributed by atoms with Crippen LogP contribution in [0.5, 0.6) is 11.5 Å². The number of hydrogen-bond donors (Lipinski definition) is 0. The number of imide groups is 1. The third kappa shape index (κ3) is 2.50. The lowest BCUT2D eigenvalue weighted by Crippen LogP contribution is -2.40. The highest BCUT2D eigenvalue weighted by Crippen LogP contribution is 2.65. The number of carbonyl (C=O) groups is 2. The maximum absolute atomic E-state index is 12.9. The first-order chi connectivity index (χ1) is 13.6. The summed E-state index contributed by atoms with van der Waals surface area (Å²) >= 11 is 0. The van der Waals surface area contributed by atoms with Gasteiger partial charge in [0.1, 0.15) is 0 Å². The van der Waals surface area contributed by atoms with E-state index >= 15 is 0 Å². The minimum atomic E-state index is -0.220. The fourth-order valence-corrected chi connectivity index (χ4v) is 5.33. The van der Waals surface area contributed by atoms with Crippen molar-refractivity contribution < 1.29 is 19.1 Å². The minimum Gasteiger partial charge on any atom is -0.490 e. The lowest BCUT2D eigenvalue weighted by atomic mass is 9.63. The van der Waals surface area contributed by atoms with Gasteiger partial charge in [-0.1, -0.05) is 12.2 Å². The van der Waals surface area contributed by atoms with E-state index in [0.29, 0.717) is 36.5 Å². The molecule has 6 heteroatoms. The van der Waals surface area contributed by atoms with Crippen molar-refractivity contribution in [3.05, 3.63) is 35.9 Å². The number of carbonyl (C=O) groups excluding carboxylic acids is 2. The van der Waals surface area contributed by atoms with E-state index in [0.717, 1.165) is 17.0 Å². The third-order valence-corrected chi connectivity index (χ3v) is 6.53. The molecule has 6 atom stereocenters. The van der Waals surface area contributed by atoms with Crippen LogP contribution in [0, 0.1) is 35.5 Å². The Labute approximate surface area is 164 Å². The largest absolute Gasteiger partial charge is 0.490 e. The van der Waals surface area contributed by atoms with Crippen molar-refractivity contribution in [3.63, 3.8) is 0 Å². The summed E-state index contributed by atoms with van der Waals surface area (Å²) in [4.78, 5) is 25.9. The SMILES string of the molecule is CCOc1ccc(C=NN2C(=O)C3C4C=CC(C5CC45)C3C2=O)cc1OCC. The van der Waals surface area contributed by atoms with E-state index in [1.54, 1.807) is 6.21 Å². The van der Waals surface area contributed by atoms with Gasteiger partial charge in [0.25, 0.3) is 11.8 Å². The summed E-state index contributed by atoms with van der Waals surface area (Å²) in [7, 11) is 0. The number of benzene rings is 1. The van der Waals surface area contributed by atoms with Crippen molar-refractivity contribution in [1.82, 2.24) is 5.01 Å². The zero-order chi connectivity index (χ0) is 19.4. The van der Waals surface area contributed by atoms with Crippen LogP contribution in [0.3, 0.4) is 0 Å². The first-order valence-electron chi connectivity index (χ1n) is 10.1. The van der Waals surface area contributed by atoms with Crippen LogP contribution < -0.4 is 9.47 Å². The standard InChI is InChI=1S/C22H24N2O4/c1-3-27-17-8-5-12(9-18(17)28-4-2)11-23-24-21(25)19-13-6-7-14(16-10-15(13)16)20(19)22(24)26/h5-9,11,13-16,19-20H,3-4,10H2,1-2H3. The van der Waals surface area contributed by atoms with Crippen LogP contribution in [0.25, 0.3) is 0 Å². The number of ether oxygens (including phenoxy) is 2. The van der Waals surface area contributed by atoms with Gasteiger partial charge in [0.05, 0.1) is 31.3 Å². The molecular weight excluding hydrogens is 356 g/mol. The molecule has 6 unspecified atom stereocenters. The van der Waals surface area contributed by atoms with Crippen LogP contribution in [-0.4, -0.2) is 36.3 Å². The average molecular weight is 380 g/mol. The second kappa shape index (κ2) is 6.47. The molecule has 28 heavy (non-hydrogen) atoms. The van der Waals surface area contributed by atoms with E-state index in [2.05, 4.69) is 17.3 Å². The van der Waals surface area contributed by atoms with Crippen LogP contribution in [0.1, 0.15) is 25.8 Å². The first-order valence-corrected chi connectivity index (χ1v) is 10.1. The Bertz CT molecular complexity index is 857. The Hall–Kier alpha value is -2.63. The number of hydrazone groups is 1. The maximum Gasteiger partial charge on any atom is 0.254 e. The summed E-state index contributed by atoms with van der Waals surface area (Å²) in [6.45, 7) is 4.89. The molecule has 1 aliphatic heterocycles. The van der Waals surface area contributed by atoms with Crippen molar-refractivity contribution in [1.29, 1.82) is 0 Å². The monoisotopic (exact) mass is 380 g/mol. The highest BCUT2D eigenvalue weighted by molar-refractivity contribution is 6.06. The number of rotatable bonds is 6. The van der Waals surface area contributed by atoms with Crippen molar-refractivity contribution in [2.75, 3.05) is 13.2 Å². The van der Waals surface area contributed by atoms with Gasteiger partial charge < -0.3 is 9.47 Å². The second-order valence-corrected chi connectivity index (χ2v) is 7.96. The number of allylic oxidation sites excluding steroid dienone is 2. The Kier molecular flexibility index (Phi) is 4.03. The summed E-state index contributed by atoms with van der Waals surface area (Å²) < 4.78 is 11.2. The predicted molar refractivity (Wildman–Crippen MR) is 103 cm³/mol. The molecule has 0 spiro atoms. The van der Waals surface area contributed by atoms with Crippen molar-refractivity contribution in [3.8, 4) is 11.5 Å². The summed E-state index contributed by atoms with van der Waals surface area (Å²) in [5, 5.41) is 5.38. The average Bonchev–Trinajstić information content (AvgIpc) is 3.48. The second-order valence-electron chi connectivity index (χ2n) is 7.96. The van der Waals surface area contributed by atoms with Crippen molar-refractivity contribution in [2.24, 2.45) is 40.6 Å². The fourth-order valence-electron chi connectivity index (χ4n) is 5.33. The lowest BCUT2D eigenvalue weighted by Gasteiger charge is -2.37. The van der Waals surface area contributed by atoms with Crippen LogP contribution in [0.4, 0.5) is 0 Å². The Morgan fingerprint density at radius 1 is 1.00 bits per heavy atom. The molecule has 1 aromatic carbocycles. The van der Waals surface area contributed by atoms with Gasteiger partial charge in [-0.05, 0) is 67.7 Å². The minimum absolute atomic E-state index is 0.146. The topological polar surface area (TPSA) is 68.2 Å². The number of amides is 2. The van der Waals surface area contributed by atoms with E-state index < -0.39 is 0 Å². The summed E-state index contributed by atoms with van der Waals surface area (Å²) in [5.41, 5.74) is 0.756. The smallest absolute Gasteiger partial charge is 0.254 e. The predicted octanol–water partition coefficient (Wildman–Crippen LogP) is 2.87. The van der Waals surface area contributed by atoms with Gasteiger partial charge in [-0.25, -0.2) is 0 Å². The molecule has 3 fully saturated rings. The number of nitrogens with zero attached hydrogens (tertiary/aromatic N) is 2. The molecule has 2 amide bonds. The van der Waals surface area contributed by atoms with Crippen LogP contribution in [0.15, 0.2) is 35.5 Å². The first kappa shape index (κ1) is 17.5. The van der Waals surface area contributed by atoms with Gasteiger partial charge >= 0.3 is 0 Å². The van der Waals surface area contributed by atoms with Gasteiger partial charge in [-0.2, -0.15) is 10.1 Å². The van der Waals surface area contributed by atoms with Crippen molar-refractivity contribution in [2.45, 2.75) is 20.3 Å². The molecule has 6 rings (SSSR count). The maximum atomic E-state index is 12.9. The van der Waals surface area contributed by atoms with E-state index in [1.165, 1.54) is 0 Å². The molecule has 1 aromatic rings. The Morgan fingerprint density at radius 2 is 1.61 bits per heavy atom. The van der Waals surface area contributed by atoms with E-state index in [-0.39, 0.29) is 35.5 Å². The molecule has 1 saturated heterocycles. The molecule has 5 aliphatic rings. The normalized spacial score (nSPS) is 34.7. The zero-order valence-electron chi connectivity index (χ0n) is 16.1. The van der Waals surface area contributed by atoms with Gasteiger partial charge in [0.15, 0.2) is 11.5 Å². The highest BCUT2D eigenvalue weighted by Gasteiger charge is 2.67. The zero-order valence-corrected chi connectivity index (χ0v) is 16.1. The molecule has 0 radical (unpaired) electrons. The molecule has 2 bridgehead atoms. The van der Waals surface area contributed by atoms with Gasteiger partial charge in [0, 0.05) is 0 Å². The van der Waals surface area contributed by atoms with E-state index in [4.69, 9.17) is 9.47 Å². The summed E-state index contributed by atoms with van der Waals surface area (Å²) in [6, 6.07) is 5.48. The van der Waals surface area contributed by atoms with Crippen molar-refractivity contribution >= 4 is 18.0 Å². The van der Waals surface area contributed by atoms with E-state index in [1.807, 2.05) is 32.0 Å². The Balaban J connectivity index is 1.38. The third-order valence-electron chi connectivity index (χ3n) is 6.53. The lowest BCUT2D eigenvalue weighted by molar-refractivity contribution is -0.140. The molecule has 146 valence electrons. The summed E-state index contributed by atoms with van der Waals surface area (Å²) in [6.07, 6.45) is 7.05. The van der Waals surface area contributed by atoms with Gasteiger partial charge in [0.2, 0.25) is 0 Å². The molecule has 4 aliphatic carbocycles. The van der Waals surface area contributed by atoms with Crippen LogP contribution in [-0.2, 0) is 9.59 Å². The van der Waals surface area contributed by atoms with Crippen LogP contribution in [0.2, 0.25) is 0 Å². The molecule has 0 aromatic heterocycles. The van der Waals surface area contributed by atoms with E-state index in [9.17, 15) is 9.59 Å². The van der Waals surface area contributed by atoms with Gasteiger partial charge in [-0.3, -0.25) is 9.59 Å². The quantitative estimate of drug-likeness (QED) is 0.432. The molecular formula is C22H24N2O4. The molecule has 2 saturated carbocycles. The molecule has 1 heterocycles. The fraction of sp³-hybridized carbons (Fsp3) is 0.500. The van der Waals surface area contributed by atoms with Gasteiger partial charge in [-0.15, -0.1) is 0 Å². The molecule has 0 N–H and O–H groups in total. The number of hydrogen-bond acceptors (Lipinski definition) is 5. The van der Waals surface area contributed by atoms with Crippen LogP contribution >= 0.6 is 0 Å².